The Hall–Kier alpha value is -2.66. The monoisotopic (exact) mass is 578 g/mol. The molecule has 0 radical (unpaired) electrons. The highest BCUT2D eigenvalue weighted by Gasteiger charge is 2.33. The molecule has 0 saturated heterocycles. The number of aliphatic hydroxyl groups excluding tert-OH is 1. The number of rotatable bonds is 10. The van der Waals surface area contributed by atoms with Crippen LogP contribution in [0.15, 0.2) is 83.8 Å². The van der Waals surface area contributed by atoms with E-state index in [2.05, 4.69) is 46.0 Å². The third-order valence-corrected chi connectivity index (χ3v) is 8.04. The lowest BCUT2D eigenvalue weighted by Gasteiger charge is -2.20. The van der Waals surface area contributed by atoms with Crippen molar-refractivity contribution in [2.24, 2.45) is 5.92 Å². The molecule has 0 saturated carbocycles. The lowest BCUT2D eigenvalue weighted by atomic mass is 10.1. The normalized spacial score (nSPS) is 17.0. The fraction of sp³-hybridized carbons (Fsp3) is 0.345. The Morgan fingerprint density at radius 2 is 1.72 bits per heavy atom. The number of amides is 1. The molecule has 3 unspecified atom stereocenters. The van der Waals surface area contributed by atoms with Crippen molar-refractivity contribution in [3.8, 4) is 5.75 Å². The molecule has 0 bridgehead atoms. The van der Waals surface area contributed by atoms with Gasteiger partial charge in [0.15, 0.2) is 0 Å². The Labute approximate surface area is 236 Å². The second-order valence-corrected chi connectivity index (χ2v) is 11.0. The Morgan fingerprint density at radius 3 is 2.36 bits per heavy atom. The van der Waals surface area contributed by atoms with Gasteiger partial charge in [-0.25, -0.2) is 4.72 Å². The van der Waals surface area contributed by atoms with Crippen LogP contribution in [0.3, 0.4) is 0 Å². The summed E-state index contributed by atoms with van der Waals surface area (Å²) in [6.45, 7) is 4.00. The van der Waals surface area contributed by atoms with Gasteiger partial charge in [-0.3, -0.25) is 4.79 Å². The van der Waals surface area contributed by atoms with Crippen molar-refractivity contribution in [3.05, 3.63) is 95.6 Å². The zero-order valence-corrected chi connectivity index (χ0v) is 23.4. The first-order valence-electron chi connectivity index (χ1n) is 12.6. The van der Waals surface area contributed by atoms with Crippen LogP contribution in [-0.4, -0.2) is 35.1 Å². The Kier molecular flexibility index (Phi) is 12.0. The van der Waals surface area contributed by atoms with E-state index in [9.17, 15) is 23.1 Å². The molecule has 39 heavy (non-hydrogen) atoms. The summed E-state index contributed by atoms with van der Waals surface area (Å²) in [4.78, 5) is 13.3. The van der Waals surface area contributed by atoms with E-state index in [4.69, 9.17) is 0 Å². The topological polar surface area (TPSA) is 70.6 Å². The predicted molar refractivity (Wildman–Crippen MR) is 151 cm³/mol. The molecule has 1 aliphatic rings. The zero-order chi connectivity index (χ0) is 28.3. The van der Waals surface area contributed by atoms with Crippen LogP contribution < -0.4 is 14.8 Å². The minimum Gasteiger partial charge on any atom is -0.406 e. The van der Waals surface area contributed by atoms with Crippen molar-refractivity contribution < 1.29 is 27.8 Å². The van der Waals surface area contributed by atoms with E-state index in [-0.39, 0.29) is 23.6 Å². The highest BCUT2D eigenvalue weighted by atomic mass is 32.2. The van der Waals surface area contributed by atoms with Gasteiger partial charge in [-0.1, -0.05) is 68.4 Å². The Morgan fingerprint density at radius 1 is 1.05 bits per heavy atom. The van der Waals surface area contributed by atoms with Gasteiger partial charge in [-0.15, -0.1) is 24.9 Å². The minimum atomic E-state index is -4.70. The maximum Gasteiger partial charge on any atom is 0.573 e. The summed E-state index contributed by atoms with van der Waals surface area (Å²) in [6, 6.07) is 23.4. The Bertz CT molecular complexity index is 1160. The van der Waals surface area contributed by atoms with Crippen LogP contribution in [0, 0.1) is 5.92 Å². The maximum absolute atomic E-state index is 12.5. The van der Waals surface area contributed by atoms with Crippen LogP contribution in [0.1, 0.15) is 36.6 Å². The second-order valence-electron chi connectivity index (χ2n) is 8.98. The number of carbonyl (C=O) groups is 1. The number of aryl methyl sites for hydroxylation is 1. The van der Waals surface area contributed by atoms with E-state index in [1.807, 2.05) is 37.3 Å². The van der Waals surface area contributed by atoms with E-state index in [1.54, 1.807) is 0 Å². The van der Waals surface area contributed by atoms with Gasteiger partial charge in [0.05, 0.1) is 18.0 Å². The summed E-state index contributed by atoms with van der Waals surface area (Å²) < 4.78 is 43.4. The van der Waals surface area contributed by atoms with Gasteiger partial charge in [-0.2, -0.15) is 0 Å². The van der Waals surface area contributed by atoms with E-state index in [0.29, 0.717) is 18.1 Å². The summed E-state index contributed by atoms with van der Waals surface area (Å²) in [7, 11) is 0. The van der Waals surface area contributed by atoms with Crippen LogP contribution in [0.2, 0.25) is 0 Å². The minimum absolute atomic E-state index is 0.110. The van der Waals surface area contributed by atoms with E-state index < -0.39 is 12.5 Å². The molecule has 0 heterocycles. The maximum atomic E-state index is 12.5. The van der Waals surface area contributed by atoms with Crippen molar-refractivity contribution in [2.45, 2.75) is 50.1 Å². The highest BCUT2D eigenvalue weighted by Crippen LogP contribution is 2.31. The van der Waals surface area contributed by atoms with Gasteiger partial charge in [-0.05, 0) is 59.3 Å². The summed E-state index contributed by atoms with van der Waals surface area (Å²) in [5.41, 5.74) is 3.43. The van der Waals surface area contributed by atoms with Crippen molar-refractivity contribution in [1.82, 2.24) is 10.0 Å². The number of aliphatic hydroxyl groups is 1. The molecule has 3 aromatic rings. The van der Waals surface area contributed by atoms with Crippen molar-refractivity contribution in [1.29, 1.82) is 0 Å². The number of carbonyl (C=O) groups excluding carboxylic acids is 1. The van der Waals surface area contributed by atoms with Gasteiger partial charge in [0.25, 0.3) is 0 Å². The fourth-order valence-electron chi connectivity index (χ4n) is 3.93. The molecule has 1 aliphatic carbocycles. The first-order chi connectivity index (χ1) is 18.7. The van der Waals surface area contributed by atoms with Crippen LogP contribution in [-0.2, 0) is 17.6 Å². The molecule has 210 valence electrons. The molecule has 3 atom stereocenters. The number of thioether (sulfide) groups is 1. The van der Waals surface area contributed by atoms with Gasteiger partial charge >= 0.3 is 6.36 Å². The molecule has 3 aromatic carbocycles. The summed E-state index contributed by atoms with van der Waals surface area (Å²) in [5, 5.41) is 13.2. The molecule has 10 heteroatoms. The van der Waals surface area contributed by atoms with Crippen molar-refractivity contribution in [3.63, 3.8) is 0 Å². The first-order valence-corrected chi connectivity index (χ1v) is 14.6. The Balaban J connectivity index is 0.000000449. The number of ether oxygens (including phenoxy) is 1. The first kappa shape index (κ1) is 30.9. The number of fused-ring (bicyclic) bond motifs is 1. The van der Waals surface area contributed by atoms with E-state index >= 15 is 0 Å². The lowest BCUT2D eigenvalue weighted by molar-refractivity contribution is -0.274. The molecule has 4 rings (SSSR count). The smallest absolute Gasteiger partial charge is 0.406 e. The number of nitrogens with one attached hydrogen (secondary N) is 2. The van der Waals surface area contributed by atoms with Crippen LogP contribution in [0.25, 0.3) is 0 Å². The van der Waals surface area contributed by atoms with Crippen LogP contribution in [0.4, 0.5) is 13.2 Å². The van der Waals surface area contributed by atoms with Crippen molar-refractivity contribution in [2.75, 3.05) is 11.6 Å². The number of hydrogen-bond donors (Lipinski definition) is 3. The van der Waals surface area contributed by atoms with E-state index in [1.165, 1.54) is 53.5 Å². The molecular weight excluding hydrogens is 545 g/mol. The van der Waals surface area contributed by atoms with Gasteiger partial charge < -0.3 is 15.2 Å². The summed E-state index contributed by atoms with van der Waals surface area (Å²) in [5.74, 6) is 0.526. The molecule has 0 aliphatic heterocycles. The number of benzene rings is 3. The standard InChI is InChI=1S/C21H23F3N2O3S2.C8H10/c1-13(20(28)26-19-17-5-3-2-4-14(17)10-18(19)27)11-30-12-25-31-16-8-6-15(7-9-16)29-21(22,23)24;1-2-8-6-4-3-5-7-8/h2-9,13,18-19,25,27H,10-12H2,1H3,(H,26,28);3-7H,2H2,1H3. The summed E-state index contributed by atoms with van der Waals surface area (Å²) >= 11 is 2.82. The molecule has 1 amide bonds. The van der Waals surface area contributed by atoms with Crippen LogP contribution in [0.5, 0.6) is 5.75 Å². The van der Waals surface area contributed by atoms with Gasteiger partial charge in [0.1, 0.15) is 5.75 Å². The molecule has 5 nitrogen and oxygen atoms in total. The van der Waals surface area contributed by atoms with Gasteiger partial charge in [0, 0.05) is 23.0 Å². The summed E-state index contributed by atoms with van der Waals surface area (Å²) in [6.07, 6.45) is -3.64. The molecule has 3 N–H and O–H groups in total. The zero-order valence-electron chi connectivity index (χ0n) is 21.8. The fourth-order valence-corrected chi connectivity index (χ4v) is 5.56. The lowest BCUT2D eigenvalue weighted by Crippen LogP contribution is -2.37. The quantitative estimate of drug-likeness (QED) is 0.144. The predicted octanol–water partition coefficient (Wildman–Crippen LogP) is 6.53. The van der Waals surface area contributed by atoms with Gasteiger partial charge in [0.2, 0.25) is 5.91 Å². The molecule has 0 fully saturated rings. The molecule has 0 spiro atoms. The third-order valence-electron chi connectivity index (χ3n) is 5.98. The third kappa shape index (κ3) is 10.4. The molecular formula is C29H33F3N2O3S2. The van der Waals surface area contributed by atoms with Crippen LogP contribution >= 0.6 is 23.7 Å². The number of halogens is 3. The second kappa shape index (κ2) is 15.2. The average molecular weight is 579 g/mol. The largest absolute Gasteiger partial charge is 0.573 e. The molecule has 0 aromatic heterocycles. The number of alkyl halides is 3. The van der Waals surface area contributed by atoms with Crippen molar-refractivity contribution >= 4 is 29.6 Å². The van der Waals surface area contributed by atoms with E-state index in [0.717, 1.165) is 22.4 Å². The highest BCUT2D eigenvalue weighted by molar-refractivity contribution is 8.01. The average Bonchev–Trinajstić information content (AvgIpc) is 3.24. The SMILES string of the molecule is CC(CSCNSc1ccc(OC(F)(F)F)cc1)C(=O)NC1c2ccccc2CC1O.CCc1ccccc1. The number of hydrogen-bond acceptors (Lipinski definition) is 6.